The van der Waals surface area contributed by atoms with Gasteiger partial charge < -0.3 is 0 Å². The molecule has 0 saturated carbocycles. The summed E-state index contributed by atoms with van der Waals surface area (Å²) in [7, 11) is 0. The third kappa shape index (κ3) is 2.65. The molecule has 88 valence electrons. The van der Waals surface area contributed by atoms with Crippen LogP contribution >= 0.6 is 22.9 Å². The predicted molar refractivity (Wildman–Crippen MR) is 71.0 cm³/mol. The first-order valence-electron chi connectivity index (χ1n) is 5.08. The molecule has 0 radical (unpaired) electrons. The zero-order valence-corrected chi connectivity index (χ0v) is 11.0. The van der Waals surface area contributed by atoms with Gasteiger partial charge in [0.05, 0.1) is 16.3 Å². The summed E-state index contributed by atoms with van der Waals surface area (Å²) < 4.78 is 0. The van der Waals surface area contributed by atoms with Crippen LogP contribution in [0.15, 0.2) is 24.3 Å². The Hall–Kier alpha value is -1.39. The molecule has 0 aliphatic rings. The van der Waals surface area contributed by atoms with Crippen molar-refractivity contribution in [2.75, 3.05) is 5.32 Å². The number of rotatable bonds is 2. The minimum atomic E-state index is -0.232. The molecule has 17 heavy (non-hydrogen) atoms. The Morgan fingerprint density at radius 3 is 2.65 bits per heavy atom. The van der Waals surface area contributed by atoms with Crippen molar-refractivity contribution in [1.82, 2.24) is 4.98 Å². The summed E-state index contributed by atoms with van der Waals surface area (Å²) in [5, 5.41) is 3.79. The van der Waals surface area contributed by atoms with Gasteiger partial charge in [-0.05, 0) is 26.0 Å². The number of benzene rings is 1. The molecule has 0 bridgehead atoms. The van der Waals surface area contributed by atoms with Crippen LogP contribution in [0.25, 0.3) is 0 Å². The van der Waals surface area contributed by atoms with Gasteiger partial charge in [-0.3, -0.25) is 10.1 Å². The third-order valence-electron chi connectivity index (χ3n) is 2.37. The summed E-state index contributed by atoms with van der Waals surface area (Å²) >= 11 is 7.40. The second-order valence-corrected chi connectivity index (χ2v) is 5.20. The smallest absolute Gasteiger partial charge is 0.258 e. The van der Waals surface area contributed by atoms with Gasteiger partial charge in [0, 0.05) is 4.88 Å². The number of nitrogens with one attached hydrogen (secondary N) is 1. The first-order chi connectivity index (χ1) is 8.08. The fourth-order valence-electron chi connectivity index (χ4n) is 1.34. The van der Waals surface area contributed by atoms with E-state index >= 15 is 0 Å². The van der Waals surface area contributed by atoms with E-state index in [-0.39, 0.29) is 5.91 Å². The fourth-order valence-corrected chi connectivity index (χ4v) is 2.37. The maximum Gasteiger partial charge on any atom is 0.258 e. The van der Waals surface area contributed by atoms with Gasteiger partial charge in [-0.25, -0.2) is 4.98 Å². The van der Waals surface area contributed by atoms with Crippen molar-refractivity contribution in [3.05, 3.63) is 45.4 Å². The van der Waals surface area contributed by atoms with Crippen molar-refractivity contribution >= 4 is 34.0 Å². The van der Waals surface area contributed by atoms with E-state index in [1.807, 2.05) is 13.8 Å². The summed E-state index contributed by atoms with van der Waals surface area (Å²) in [6.45, 7) is 3.88. The molecule has 0 atom stereocenters. The number of thiazole rings is 1. The van der Waals surface area contributed by atoms with Crippen LogP contribution < -0.4 is 5.32 Å². The Morgan fingerprint density at radius 2 is 2.06 bits per heavy atom. The number of aryl methyl sites for hydroxylation is 2. The number of amides is 1. The molecule has 2 aromatic rings. The van der Waals surface area contributed by atoms with E-state index in [1.54, 1.807) is 24.3 Å². The lowest BCUT2D eigenvalue weighted by atomic mass is 10.2. The lowest BCUT2D eigenvalue weighted by Gasteiger charge is -2.03. The van der Waals surface area contributed by atoms with Gasteiger partial charge in [-0.15, -0.1) is 11.3 Å². The Morgan fingerprint density at radius 1 is 1.35 bits per heavy atom. The molecule has 1 N–H and O–H groups in total. The normalized spacial score (nSPS) is 10.3. The Balaban J connectivity index is 2.20. The van der Waals surface area contributed by atoms with Gasteiger partial charge in [-0.1, -0.05) is 23.7 Å². The van der Waals surface area contributed by atoms with Crippen molar-refractivity contribution in [2.45, 2.75) is 13.8 Å². The quantitative estimate of drug-likeness (QED) is 0.901. The first-order valence-corrected chi connectivity index (χ1v) is 6.27. The van der Waals surface area contributed by atoms with Crippen LogP contribution in [0.1, 0.15) is 20.9 Å². The molecule has 0 fully saturated rings. The number of carbonyl (C=O) groups excluding carboxylic acids is 1. The lowest BCUT2D eigenvalue weighted by molar-refractivity contribution is 0.102. The first kappa shape index (κ1) is 12.1. The number of hydrogen-bond acceptors (Lipinski definition) is 3. The van der Waals surface area contributed by atoms with Crippen LogP contribution in [0.2, 0.25) is 5.02 Å². The summed E-state index contributed by atoms with van der Waals surface area (Å²) in [5.74, 6) is -0.232. The van der Waals surface area contributed by atoms with Crippen LogP contribution in [0.5, 0.6) is 0 Å². The highest BCUT2D eigenvalue weighted by Gasteiger charge is 2.12. The summed E-state index contributed by atoms with van der Waals surface area (Å²) in [6.07, 6.45) is 0. The van der Waals surface area contributed by atoms with Gasteiger partial charge in [0.15, 0.2) is 5.13 Å². The van der Waals surface area contributed by atoms with E-state index in [1.165, 1.54) is 11.3 Å². The Kier molecular flexibility index (Phi) is 3.45. The number of nitrogens with zero attached hydrogens (tertiary/aromatic N) is 1. The standard InChI is InChI=1S/C12H11ClN2OS/c1-7-8(2)17-12(14-7)15-11(16)9-5-3-4-6-10(9)13/h3-6H,1-2H3,(H,14,15,16). The molecular formula is C12H11ClN2OS. The van der Waals surface area contributed by atoms with E-state index < -0.39 is 0 Å². The summed E-state index contributed by atoms with van der Waals surface area (Å²) in [4.78, 5) is 17.3. The molecule has 0 unspecified atom stereocenters. The average Bonchev–Trinajstić information content (AvgIpc) is 2.58. The van der Waals surface area contributed by atoms with Crippen molar-refractivity contribution < 1.29 is 4.79 Å². The maximum atomic E-state index is 11.9. The van der Waals surface area contributed by atoms with Crippen molar-refractivity contribution in [1.29, 1.82) is 0 Å². The molecule has 0 aliphatic heterocycles. The van der Waals surface area contributed by atoms with Crippen LogP contribution in [-0.4, -0.2) is 10.9 Å². The van der Waals surface area contributed by atoms with Gasteiger partial charge >= 0.3 is 0 Å². The van der Waals surface area contributed by atoms with Gasteiger partial charge in [-0.2, -0.15) is 0 Å². The van der Waals surface area contributed by atoms with E-state index in [2.05, 4.69) is 10.3 Å². The highest BCUT2D eigenvalue weighted by Crippen LogP contribution is 2.23. The van der Waals surface area contributed by atoms with Gasteiger partial charge in [0.25, 0.3) is 5.91 Å². The number of aromatic nitrogens is 1. The minimum absolute atomic E-state index is 0.232. The van der Waals surface area contributed by atoms with Crippen LogP contribution in [-0.2, 0) is 0 Å². The molecule has 0 saturated heterocycles. The second kappa shape index (κ2) is 4.85. The van der Waals surface area contributed by atoms with Crippen molar-refractivity contribution in [3.63, 3.8) is 0 Å². The number of anilines is 1. The van der Waals surface area contributed by atoms with Crippen LogP contribution in [0.3, 0.4) is 0 Å². The number of carbonyl (C=O) groups is 1. The average molecular weight is 267 g/mol. The molecule has 1 heterocycles. The zero-order valence-electron chi connectivity index (χ0n) is 9.45. The summed E-state index contributed by atoms with van der Waals surface area (Å²) in [5.41, 5.74) is 1.39. The summed E-state index contributed by atoms with van der Waals surface area (Å²) in [6, 6.07) is 6.94. The molecule has 1 aromatic heterocycles. The van der Waals surface area contributed by atoms with E-state index in [9.17, 15) is 4.79 Å². The topological polar surface area (TPSA) is 42.0 Å². The SMILES string of the molecule is Cc1nc(NC(=O)c2ccccc2Cl)sc1C. The van der Waals surface area contributed by atoms with Crippen LogP contribution in [0.4, 0.5) is 5.13 Å². The molecule has 2 rings (SSSR count). The van der Waals surface area contributed by atoms with E-state index in [0.29, 0.717) is 15.7 Å². The van der Waals surface area contributed by atoms with Crippen molar-refractivity contribution in [3.8, 4) is 0 Å². The minimum Gasteiger partial charge on any atom is -0.298 e. The second-order valence-electron chi connectivity index (χ2n) is 3.59. The predicted octanol–water partition coefficient (Wildman–Crippen LogP) is 3.67. The van der Waals surface area contributed by atoms with Crippen molar-refractivity contribution in [2.24, 2.45) is 0 Å². The van der Waals surface area contributed by atoms with E-state index in [0.717, 1.165) is 10.6 Å². The highest BCUT2D eigenvalue weighted by molar-refractivity contribution is 7.15. The zero-order chi connectivity index (χ0) is 12.4. The van der Waals surface area contributed by atoms with Gasteiger partial charge in [0.2, 0.25) is 0 Å². The Labute approximate surface area is 108 Å². The molecule has 0 aliphatic carbocycles. The molecule has 3 nitrogen and oxygen atoms in total. The monoisotopic (exact) mass is 266 g/mol. The van der Waals surface area contributed by atoms with Crippen LogP contribution in [0, 0.1) is 13.8 Å². The third-order valence-corrected chi connectivity index (χ3v) is 3.69. The number of hydrogen-bond donors (Lipinski definition) is 1. The molecule has 0 spiro atoms. The highest BCUT2D eigenvalue weighted by atomic mass is 35.5. The molecule has 1 amide bonds. The fraction of sp³-hybridized carbons (Fsp3) is 0.167. The van der Waals surface area contributed by atoms with E-state index in [4.69, 9.17) is 11.6 Å². The maximum absolute atomic E-state index is 11.9. The molecule has 1 aromatic carbocycles. The largest absolute Gasteiger partial charge is 0.298 e. The lowest BCUT2D eigenvalue weighted by Crippen LogP contribution is -2.12. The molecule has 5 heteroatoms. The Bertz CT molecular complexity index is 546. The number of halogens is 1. The van der Waals surface area contributed by atoms with Gasteiger partial charge in [0.1, 0.15) is 0 Å². The molecular weight excluding hydrogens is 256 g/mol.